The number of rotatable bonds is 5. The Labute approximate surface area is 194 Å². The first-order chi connectivity index (χ1) is 15.8. The molecule has 1 aliphatic carbocycles. The number of benzene rings is 2. The van der Waals surface area contributed by atoms with Crippen LogP contribution < -0.4 is 15.5 Å². The SMILES string of the molecule is CN(C)c1nc(=O)n(-c2cccc(C(=O)N(C)c3ccccc3F)c2)c2cc(C3CC3)sc12. The van der Waals surface area contributed by atoms with Crippen molar-refractivity contribution in [3.63, 3.8) is 0 Å². The molecule has 168 valence electrons. The van der Waals surface area contributed by atoms with Crippen LogP contribution in [0.25, 0.3) is 15.9 Å². The third-order valence-electron chi connectivity index (χ3n) is 5.84. The first-order valence-corrected chi connectivity index (χ1v) is 11.5. The summed E-state index contributed by atoms with van der Waals surface area (Å²) in [5.74, 6) is 0.350. The van der Waals surface area contributed by atoms with E-state index >= 15 is 0 Å². The number of hydrogen-bond donors (Lipinski definition) is 0. The zero-order valence-corrected chi connectivity index (χ0v) is 19.4. The Morgan fingerprint density at radius 1 is 1.09 bits per heavy atom. The maximum absolute atomic E-state index is 14.2. The molecule has 6 nitrogen and oxygen atoms in total. The lowest BCUT2D eigenvalue weighted by Gasteiger charge is -2.19. The fourth-order valence-corrected chi connectivity index (χ4v) is 5.33. The lowest BCUT2D eigenvalue weighted by atomic mass is 10.1. The number of aromatic nitrogens is 2. The van der Waals surface area contributed by atoms with Gasteiger partial charge in [-0.3, -0.25) is 9.36 Å². The van der Waals surface area contributed by atoms with Crippen LogP contribution in [-0.2, 0) is 0 Å². The second kappa shape index (κ2) is 8.12. The summed E-state index contributed by atoms with van der Waals surface area (Å²) in [4.78, 5) is 35.0. The molecule has 5 rings (SSSR count). The van der Waals surface area contributed by atoms with Crippen molar-refractivity contribution in [1.29, 1.82) is 0 Å². The molecule has 4 aromatic rings. The summed E-state index contributed by atoms with van der Waals surface area (Å²) in [5.41, 5.74) is 1.48. The van der Waals surface area contributed by atoms with Crippen molar-refractivity contribution in [2.75, 3.05) is 30.9 Å². The molecule has 0 bridgehead atoms. The number of nitrogens with zero attached hydrogens (tertiary/aromatic N) is 4. The molecule has 0 unspecified atom stereocenters. The summed E-state index contributed by atoms with van der Waals surface area (Å²) in [5, 5.41) is 0. The molecule has 2 aromatic heterocycles. The van der Waals surface area contributed by atoms with Gasteiger partial charge >= 0.3 is 5.69 Å². The zero-order chi connectivity index (χ0) is 23.3. The second-order valence-electron chi connectivity index (χ2n) is 8.45. The van der Waals surface area contributed by atoms with Gasteiger partial charge in [0.15, 0.2) is 5.82 Å². The highest BCUT2D eigenvalue weighted by Gasteiger charge is 2.28. The molecule has 0 atom stereocenters. The number of fused-ring (bicyclic) bond motifs is 1. The van der Waals surface area contributed by atoms with Gasteiger partial charge < -0.3 is 9.80 Å². The van der Waals surface area contributed by atoms with Gasteiger partial charge in [-0.2, -0.15) is 4.98 Å². The number of hydrogen-bond acceptors (Lipinski definition) is 5. The summed E-state index contributed by atoms with van der Waals surface area (Å²) in [6, 6.07) is 15.0. The maximum atomic E-state index is 14.2. The lowest BCUT2D eigenvalue weighted by molar-refractivity contribution is 0.0992. The number of carbonyl (C=O) groups is 1. The Morgan fingerprint density at radius 3 is 2.55 bits per heavy atom. The quantitative estimate of drug-likeness (QED) is 0.427. The number of thiophene rings is 1. The highest BCUT2D eigenvalue weighted by atomic mass is 32.1. The van der Waals surface area contributed by atoms with Crippen LogP contribution in [0, 0.1) is 5.82 Å². The van der Waals surface area contributed by atoms with E-state index in [1.165, 1.54) is 22.9 Å². The zero-order valence-electron chi connectivity index (χ0n) is 18.6. The summed E-state index contributed by atoms with van der Waals surface area (Å²) >= 11 is 1.67. The van der Waals surface area contributed by atoms with Gasteiger partial charge in [-0.15, -0.1) is 11.3 Å². The highest BCUT2D eigenvalue weighted by molar-refractivity contribution is 7.19. The molecule has 8 heteroatoms. The van der Waals surface area contributed by atoms with Crippen LogP contribution >= 0.6 is 11.3 Å². The van der Waals surface area contributed by atoms with Gasteiger partial charge in [-0.25, -0.2) is 9.18 Å². The minimum Gasteiger partial charge on any atom is -0.361 e. The van der Waals surface area contributed by atoms with Crippen LogP contribution in [0.4, 0.5) is 15.9 Å². The molecule has 1 amide bonds. The highest BCUT2D eigenvalue weighted by Crippen LogP contribution is 2.46. The number of para-hydroxylation sites is 1. The Bertz CT molecular complexity index is 1440. The predicted octanol–water partition coefficient (Wildman–Crippen LogP) is 4.81. The molecule has 0 saturated heterocycles. The van der Waals surface area contributed by atoms with Crippen molar-refractivity contribution in [1.82, 2.24) is 9.55 Å². The van der Waals surface area contributed by atoms with Gasteiger partial charge in [0.1, 0.15) is 5.82 Å². The monoisotopic (exact) mass is 462 g/mol. The molecule has 0 aliphatic heterocycles. The number of carbonyl (C=O) groups excluding carboxylic acids is 1. The molecule has 1 fully saturated rings. The van der Waals surface area contributed by atoms with E-state index in [1.807, 2.05) is 19.0 Å². The smallest absolute Gasteiger partial charge is 0.354 e. The molecule has 1 saturated carbocycles. The van der Waals surface area contributed by atoms with Crippen molar-refractivity contribution >= 4 is 39.0 Å². The van der Waals surface area contributed by atoms with E-state index < -0.39 is 11.5 Å². The topological polar surface area (TPSA) is 58.4 Å². The van der Waals surface area contributed by atoms with Crippen molar-refractivity contribution in [2.45, 2.75) is 18.8 Å². The Morgan fingerprint density at radius 2 is 1.85 bits per heavy atom. The molecule has 33 heavy (non-hydrogen) atoms. The van der Waals surface area contributed by atoms with Crippen LogP contribution in [0.15, 0.2) is 59.4 Å². The van der Waals surface area contributed by atoms with Crippen LogP contribution in [0.5, 0.6) is 0 Å². The molecule has 0 N–H and O–H groups in total. The molecule has 1 aliphatic rings. The van der Waals surface area contributed by atoms with Gasteiger partial charge in [0.05, 0.1) is 21.6 Å². The standard InChI is InChI=1S/C25H23FN4O2S/c1-28(2)23-22-20(14-21(33-22)15-11-12-15)30(25(32)27-23)17-8-6-7-16(13-17)24(31)29(3)19-10-5-4-9-18(19)26/h4-10,13-15H,11-12H2,1-3H3. The van der Waals surface area contributed by atoms with Crippen molar-refractivity contribution in [3.8, 4) is 5.69 Å². The first-order valence-electron chi connectivity index (χ1n) is 10.7. The number of amides is 1. The fourth-order valence-electron chi connectivity index (χ4n) is 3.95. The van der Waals surface area contributed by atoms with Crippen molar-refractivity contribution < 1.29 is 9.18 Å². The molecule has 0 radical (unpaired) electrons. The minimum absolute atomic E-state index is 0.191. The van der Waals surface area contributed by atoms with E-state index in [0.717, 1.165) is 23.1 Å². The maximum Gasteiger partial charge on any atom is 0.354 e. The van der Waals surface area contributed by atoms with Gasteiger partial charge in [0, 0.05) is 31.6 Å². The van der Waals surface area contributed by atoms with Gasteiger partial charge in [-0.05, 0) is 55.2 Å². The van der Waals surface area contributed by atoms with Gasteiger partial charge in [0.2, 0.25) is 0 Å². The van der Waals surface area contributed by atoms with E-state index in [0.29, 0.717) is 23.0 Å². The van der Waals surface area contributed by atoms with Crippen LogP contribution in [0.1, 0.15) is 34.0 Å². The fraction of sp³-hybridized carbons (Fsp3) is 0.240. The lowest BCUT2D eigenvalue weighted by Crippen LogP contribution is -2.28. The van der Waals surface area contributed by atoms with Gasteiger partial charge in [0.25, 0.3) is 5.91 Å². The van der Waals surface area contributed by atoms with Crippen molar-refractivity contribution in [2.24, 2.45) is 0 Å². The summed E-state index contributed by atoms with van der Waals surface area (Å²) < 4.78 is 16.7. The average molecular weight is 463 g/mol. The van der Waals surface area contributed by atoms with E-state index in [1.54, 1.807) is 58.4 Å². The van der Waals surface area contributed by atoms with Crippen LogP contribution in [0.2, 0.25) is 0 Å². The molecule has 0 spiro atoms. The van der Waals surface area contributed by atoms with E-state index in [2.05, 4.69) is 11.1 Å². The second-order valence-corrected chi connectivity index (χ2v) is 9.53. The normalized spacial score (nSPS) is 13.3. The molecular formula is C25H23FN4O2S. The average Bonchev–Trinajstić information content (AvgIpc) is 3.57. The summed E-state index contributed by atoms with van der Waals surface area (Å²) in [6.45, 7) is 0. The number of halogens is 1. The summed E-state index contributed by atoms with van der Waals surface area (Å²) in [6.07, 6.45) is 2.32. The minimum atomic E-state index is -0.475. The van der Waals surface area contributed by atoms with Crippen molar-refractivity contribution in [3.05, 3.63) is 81.3 Å². The molecule has 2 aromatic carbocycles. The van der Waals surface area contributed by atoms with Crippen LogP contribution in [0.3, 0.4) is 0 Å². The van der Waals surface area contributed by atoms with Crippen LogP contribution in [-0.4, -0.2) is 36.6 Å². The number of anilines is 2. The van der Waals surface area contributed by atoms with Gasteiger partial charge in [-0.1, -0.05) is 18.2 Å². The third kappa shape index (κ3) is 3.80. The van der Waals surface area contributed by atoms with E-state index in [9.17, 15) is 14.0 Å². The molecular weight excluding hydrogens is 439 g/mol. The van der Waals surface area contributed by atoms with E-state index in [4.69, 9.17) is 0 Å². The summed E-state index contributed by atoms with van der Waals surface area (Å²) in [7, 11) is 5.28. The predicted molar refractivity (Wildman–Crippen MR) is 131 cm³/mol. The van der Waals surface area contributed by atoms with E-state index in [-0.39, 0.29) is 11.6 Å². The first kappa shape index (κ1) is 21.3. The Kier molecular flexibility index (Phi) is 5.25. The Balaban J connectivity index is 1.62. The molecule has 2 heterocycles. The Hall–Kier alpha value is -3.52. The largest absolute Gasteiger partial charge is 0.361 e. The third-order valence-corrected chi connectivity index (χ3v) is 7.12.